The average molecular weight is 278 g/mol. The van der Waals surface area contributed by atoms with Crippen molar-refractivity contribution in [3.63, 3.8) is 0 Å². The second kappa shape index (κ2) is 6.44. The Morgan fingerprint density at radius 2 is 2.11 bits per heavy atom. The Hall–Kier alpha value is -1.73. The molecule has 2 aromatic rings. The van der Waals surface area contributed by atoms with E-state index in [2.05, 4.69) is 32.6 Å². The van der Waals surface area contributed by atoms with Crippen LogP contribution in [0.15, 0.2) is 11.7 Å². The van der Waals surface area contributed by atoms with Crippen LogP contribution in [0.5, 0.6) is 0 Å². The van der Waals surface area contributed by atoms with Crippen LogP contribution < -0.4 is 16.6 Å². The molecule has 102 valence electrons. The number of hydrogen-bond donors (Lipinski definition) is 3. The fraction of sp³-hybridized carbons (Fsp3) is 0.417. The summed E-state index contributed by atoms with van der Waals surface area (Å²) in [6, 6.07) is 0. The normalized spacial score (nSPS) is 10.5. The summed E-state index contributed by atoms with van der Waals surface area (Å²) in [5, 5.41) is 6.41. The summed E-state index contributed by atoms with van der Waals surface area (Å²) in [4.78, 5) is 12.8. The number of aryl methyl sites for hydroxylation is 1. The molecule has 0 spiro atoms. The van der Waals surface area contributed by atoms with Crippen LogP contribution in [0, 0.1) is 6.92 Å². The van der Waals surface area contributed by atoms with Crippen molar-refractivity contribution in [3.8, 4) is 0 Å². The van der Waals surface area contributed by atoms with Crippen molar-refractivity contribution in [2.24, 2.45) is 5.84 Å². The number of nitrogens with one attached hydrogen (secondary N) is 2. The lowest BCUT2D eigenvalue weighted by molar-refractivity contribution is 0.894. The Bertz CT molecular complexity index is 539. The predicted molar refractivity (Wildman–Crippen MR) is 78.0 cm³/mol. The highest BCUT2D eigenvalue weighted by Crippen LogP contribution is 2.21. The summed E-state index contributed by atoms with van der Waals surface area (Å²) in [5.74, 6) is 6.97. The van der Waals surface area contributed by atoms with Gasteiger partial charge in [-0.3, -0.25) is 0 Å². The first kappa shape index (κ1) is 13.7. The molecule has 0 radical (unpaired) electrons. The Morgan fingerprint density at radius 3 is 2.74 bits per heavy atom. The minimum atomic E-state index is 0.655. The van der Waals surface area contributed by atoms with Gasteiger partial charge in [0.1, 0.15) is 18.0 Å². The van der Waals surface area contributed by atoms with Gasteiger partial charge in [-0.15, -0.1) is 11.3 Å². The largest absolute Gasteiger partial charge is 0.364 e. The van der Waals surface area contributed by atoms with Gasteiger partial charge in [-0.05, 0) is 13.3 Å². The molecule has 0 unspecified atom stereocenters. The lowest BCUT2D eigenvalue weighted by Crippen LogP contribution is -2.14. The zero-order chi connectivity index (χ0) is 13.7. The molecule has 0 aliphatic heterocycles. The van der Waals surface area contributed by atoms with E-state index in [1.165, 1.54) is 6.33 Å². The van der Waals surface area contributed by atoms with E-state index in [9.17, 15) is 0 Å². The zero-order valence-electron chi connectivity index (χ0n) is 11.1. The van der Waals surface area contributed by atoms with Gasteiger partial charge in [0.05, 0.1) is 17.2 Å². The second-order valence-corrected chi connectivity index (χ2v) is 5.22. The van der Waals surface area contributed by atoms with Crippen molar-refractivity contribution in [2.45, 2.75) is 33.2 Å². The highest BCUT2D eigenvalue weighted by Gasteiger charge is 2.10. The molecule has 2 heterocycles. The summed E-state index contributed by atoms with van der Waals surface area (Å²) in [6.07, 6.45) is 3.38. The number of hydrazine groups is 1. The molecule has 0 fully saturated rings. The van der Waals surface area contributed by atoms with Gasteiger partial charge in [0.15, 0.2) is 0 Å². The van der Waals surface area contributed by atoms with Crippen LogP contribution in [0.1, 0.15) is 29.6 Å². The molecular formula is C12H18N6S. The molecule has 0 atom stereocenters. The summed E-state index contributed by atoms with van der Waals surface area (Å²) >= 11 is 1.65. The van der Waals surface area contributed by atoms with Crippen LogP contribution in [-0.2, 0) is 13.0 Å². The highest BCUT2D eigenvalue weighted by molar-refractivity contribution is 7.09. The molecule has 0 amide bonds. The number of thiazole rings is 1. The summed E-state index contributed by atoms with van der Waals surface area (Å²) in [6.45, 7) is 4.76. The van der Waals surface area contributed by atoms with Crippen molar-refractivity contribution in [1.29, 1.82) is 0 Å². The molecule has 0 aliphatic carbocycles. The van der Waals surface area contributed by atoms with E-state index in [-0.39, 0.29) is 0 Å². The number of nitrogen functional groups attached to an aromatic ring is 1. The Balaban J connectivity index is 2.14. The molecule has 0 aliphatic rings. The van der Waals surface area contributed by atoms with Gasteiger partial charge < -0.3 is 10.7 Å². The summed E-state index contributed by atoms with van der Waals surface area (Å²) in [7, 11) is 0. The van der Waals surface area contributed by atoms with E-state index >= 15 is 0 Å². The third-order valence-corrected chi connectivity index (χ3v) is 3.51. The smallest absolute Gasteiger partial charge is 0.148 e. The topological polar surface area (TPSA) is 88.8 Å². The number of rotatable bonds is 6. The van der Waals surface area contributed by atoms with Crippen LogP contribution in [0.2, 0.25) is 0 Å². The summed E-state index contributed by atoms with van der Waals surface area (Å²) < 4.78 is 0. The summed E-state index contributed by atoms with van der Waals surface area (Å²) in [5.41, 5.74) is 4.65. The monoisotopic (exact) mass is 278 g/mol. The van der Waals surface area contributed by atoms with E-state index in [0.717, 1.165) is 34.9 Å². The Morgan fingerprint density at radius 1 is 1.32 bits per heavy atom. The second-order valence-electron chi connectivity index (χ2n) is 4.16. The Kier molecular flexibility index (Phi) is 4.64. The maximum Gasteiger partial charge on any atom is 0.148 e. The fourth-order valence-corrected chi connectivity index (χ4v) is 2.45. The van der Waals surface area contributed by atoms with Crippen LogP contribution in [-0.4, -0.2) is 15.0 Å². The molecule has 0 aromatic carbocycles. The highest BCUT2D eigenvalue weighted by atomic mass is 32.1. The standard InChI is InChI=1S/C12H18N6S/c1-3-4-10-11(15-7-16-12(10)18-13)14-5-9-6-19-8(2)17-9/h6-7H,3-5,13H2,1-2H3,(H2,14,15,16,18). The van der Waals surface area contributed by atoms with Gasteiger partial charge in [0.25, 0.3) is 0 Å². The van der Waals surface area contributed by atoms with E-state index < -0.39 is 0 Å². The van der Waals surface area contributed by atoms with E-state index in [4.69, 9.17) is 5.84 Å². The zero-order valence-corrected chi connectivity index (χ0v) is 11.9. The molecule has 7 heteroatoms. The lowest BCUT2D eigenvalue weighted by Gasteiger charge is -2.12. The molecule has 0 bridgehead atoms. The van der Waals surface area contributed by atoms with Crippen LogP contribution >= 0.6 is 11.3 Å². The number of nitrogens with zero attached hydrogens (tertiary/aromatic N) is 3. The van der Waals surface area contributed by atoms with Gasteiger partial charge in [-0.1, -0.05) is 13.3 Å². The third kappa shape index (κ3) is 3.39. The van der Waals surface area contributed by atoms with Crippen LogP contribution in [0.25, 0.3) is 0 Å². The molecular weight excluding hydrogens is 260 g/mol. The van der Waals surface area contributed by atoms with Crippen molar-refractivity contribution < 1.29 is 0 Å². The number of anilines is 2. The van der Waals surface area contributed by atoms with Gasteiger partial charge in [-0.2, -0.15) is 0 Å². The van der Waals surface area contributed by atoms with Crippen LogP contribution in [0.4, 0.5) is 11.6 Å². The lowest BCUT2D eigenvalue weighted by atomic mass is 10.1. The first-order chi connectivity index (χ1) is 9.24. The first-order valence-corrected chi connectivity index (χ1v) is 7.08. The quantitative estimate of drug-likeness (QED) is 0.554. The van der Waals surface area contributed by atoms with E-state index in [0.29, 0.717) is 12.4 Å². The number of hydrogen-bond acceptors (Lipinski definition) is 7. The van der Waals surface area contributed by atoms with Crippen molar-refractivity contribution in [3.05, 3.63) is 28.0 Å². The SMILES string of the molecule is CCCc1c(NN)ncnc1NCc1csc(C)n1. The van der Waals surface area contributed by atoms with Gasteiger partial charge in [0.2, 0.25) is 0 Å². The molecule has 6 nitrogen and oxygen atoms in total. The molecule has 2 rings (SSSR count). The maximum atomic E-state index is 5.48. The molecule has 0 saturated carbocycles. The maximum absolute atomic E-state index is 5.48. The predicted octanol–water partition coefficient (Wildman–Crippen LogP) is 2.09. The van der Waals surface area contributed by atoms with Crippen molar-refractivity contribution >= 4 is 23.0 Å². The molecule has 19 heavy (non-hydrogen) atoms. The fourth-order valence-electron chi connectivity index (χ4n) is 1.84. The average Bonchev–Trinajstić information content (AvgIpc) is 2.83. The number of nitrogens with two attached hydrogens (primary N) is 1. The first-order valence-electron chi connectivity index (χ1n) is 6.20. The minimum Gasteiger partial charge on any atom is -0.364 e. The minimum absolute atomic E-state index is 0.655. The Labute approximate surface area is 116 Å². The van der Waals surface area contributed by atoms with Gasteiger partial charge >= 0.3 is 0 Å². The van der Waals surface area contributed by atoms with Crippen molar-refractivity contribution in [2.75, 3.05) is 10.7 Å². The third-order valence-electron chi connectivity index (χ3n) is 2.69. The van der Waals surface area contributed by atoms with E-state index in [1.807, 2.05) is 12.3 Å². The van der Waals surface area contributed by atoms with Gasteiger partial charge in [-0.25, -0.2) is 20.8 Å². The number of aromatic nitrogens is 3. The van der Waals surface area contributed by atoms with Gasteiger partial charge in [0, 0.05) is 10.9 Å². The molecule has 4 N–H and O–H groups in total. The van der Waals surface area contributed by atoms with E-state index in [1.54, 1.807) is 11.3 Å². The van der Waals surface area contributed by atoms with Crippen LogP contribution in [0.3, 0.4) is 0 Å². The van der Waals surface area contributed by atoms with Crippen molar-refractivity contribution in [1.82, 2.24) is 15.0 Å². The molecule has 2 aromatic heterocycles. The molecule has 0 saturated heterocycles.